The first kappa shape index (κ1) is 20.0. The summed E-state index contributed by atoms with van der Waals surface area (Å²) in [5.41, 5.74) is 1.40. The Morgan fingerprint density at radius 3 is 2.30 bits per heavy atom. The summed E-state index contributed by atoms with van der Waals surface area (Å²) in [6, 6.07) is 17.4. The van der Waals surface area contributed by atoms with Crippen molar-refractivity contribution in [2.45, 2.75) is 24.2 Å². The fourth-order valence-corrected chi connectivity index (χ4v) is 3.19. The van der Waals surface area contributed by atoms with Crippen LogP contribution in [-0.4, -0.2) is 30.8 Å². The molecule has 0 radical (unpaired) electrons. The van der Waals surface area contributed by atoms with E-state index in [4.69, 9.17) is 0 Å². The average Bonchev–Trinajstić information content (AvgIpc) is 2.55. The predicted molar refractivity (Wildman–Crippen MR) is 101 cm³/mol. The number of thioether (sulfide) groups is 1. The third-order valence-electron chi connectivity index (χ3n) is 3.64. The molecule has 0 atom stereocenters. The maximum absolute atomic E-state index is 12.8. The molecule has 0 fully saturated rings. The van der Waals surface area contributed by atoms with Gasteiger partial charge in [0.1, 0.15) is 5.82 Å². The number of unbranched alkanes of at least 4 members (excludes halogenated alkanes) is 1. The highest BCUT2D eigenvalue weighted by atomic mass is 35.5. The molecule has 0 aliphatic heterocycles. The van der Waals surface area contributed by atoms with Crippen LogP contribution in [0.3, 0.4) is 0 Å². The van der Waals surface area contributed by atoms with Crippen LogP contribution in [0.2, 0.25) is 0 Å². The third kappa shape index (κ3) is 8.40. The lowest BCUT2D eigenvalue weighted by Crippen LogP contribution is -2.22. The van der Waals surface area contributed by atoms with Crippen LogP contribution in [0.1, 0.15) is 18.4 Å². The molecule has 0 saturated carbocycles. The molecule has 0 spiro atoms. The molecule has 0 saturated heterocycles. The quantitative estimate of drug-likeness (QED) is 0.445. The monoisotopic (exact) mass is 353 g/mol. The van der Waals surface area contributed by atoms with E-state index < -0.39 is 0 Å². The van der Waals surface area contributed by atoms with Crippen LogP contribution in [-0.2, 0) is 6.42 Å². The van der Waals surface area contributed by atoms with Crippen LogP contribution in [0.4, 0.5) is 4.39 Å². The van der Waals surface area contributed by atoms with Crippen LogP contribution >= 0.6 is 24.2 Å². The maximum atomic E-state index is 12.8. The first-order valence-electron chi connectivity index (χ1n) is 7.85. The molecular formula is C19H25ClFNS. The van der Waals surface area contributed by atoms with Crippen molar-refractivity contribution < 1.29 is 4.39 Å². The first-order valence-corrected chi connectivity index (χ1v) is 8.83. The van der Waals surface area contributed by atoms with Gasteiger partial charge in [0, 0.05) is 11.4 Å². The Kier molecular flexibility index (Phi) is 10.0. The molecule has 0 aromatic heterocycles. The summed E-state index contributed by atoms with van der Waals surface area (Å²) >= 11 is 1.81. The Morgan fingerprint density at radius 2 is 1.61 bits per heavy atom. The van der Waals surface area contributed by atoms with Gasteiger partial charge in [-0.1, -0.05) is 30.3 Å². The highest BCUT2D eigenvalue weighted by molar-refractivity contribution is 7.99. The van der Waals surface area contributed by atoms with Crippen molar-refractivity contribution >= 4 is 24.2 Å². The number of halogens is 2. The third-order valence-corrected chi connectivity index (χ3v) is 4.74. The van der Waals surface area contributed by atoms with Crippen molar-refractivity contribution in [1.29, 1.82) is 0 Å². The second-order valence-corrected chi connectivity index (χ2v) is 6.72. The molecule has 0 amide bonds. The minimum atomic E-state index is -0.163. The van der Waals surface area contributed by atoms with Crippen LogP contribution in [0.25, 0.3) is 0 Å². The number of likely N-dealkylation sites (N-methyl/N-ethyl adjacent to an activating group) is 1. The van der Waals surface area contributed by atoms with Crippen molar-refractivity contribution in [1.82, 2.24) is 4.90 Å². The zero-order valence-corrected chi connectivity index (χ0v) is 15.2. The SMILES string of the molecule is CN(CCCCSc1ccc(F)cc1)CCc1ccccc1.Cl. The van der Waals surface area contributed by atoms with Gasteiger partial charge in [0.15, 0.2) is 0 Å². The van der Waals surface area contributed by atoms with Crippen molar-refractivity contribution in [2.75, 3.05) is 25.9 Å². The molecule has 23 heavy (non-hydrogen) atoms. The Balaban J connectivity index is 0.00000264. The molecule has 2 aromatic rings. The summed E-state index contributed by atoms with van der Waals surface area (Å²) < 4.78 is 12.8. The van der Waals surface area contributed by atoms with Gasteiger partial charge >= 0.3 is 0 Å². The smallest absolute Gasteiger partial charge is 0.123 e. The van der Waals surface area contributed by atoms with E-state index in [9.17, 15) is 4.39 Å². The van der Waals surface area contributed by atoms with Gasteiger partial charge in [0.05, 0.1) is 0 Å². The predicted octanol–water partition coefficient (Wildman–Crippen LogP) is 5.29. The minimum Gasteiger partial charge on any atom is -0.306 e. The summed E-state index contributed by atoms with van der Waals surface area (Å²) in [5, 5.41) is 0. The van der Waals surface area contributed by atoms with E-state index in [0.29, 0.717) is 0 Å². The van der Waals surface area contributed by atoms with Gasteiger partial charge in [-0.05, 0) is 68.4 Å². The second kappa shape index (κ2) is 11.5. The molecule has 0 aliphatic carbocycles. The fraction of sp³-hybridized carbons (Fsp3) is 0.368. The van der Waals surface area contributed by atoms with Crippen molar-refractivity contribution in [2.24, 2.45) is 0 Å². The Bertz CT molecular complexity index is 533. The molecule has 0 N–H and O–H groups in total. The van der Waals surface area contributed by atoms with Crippen LogP contribution in [0.15, 0.2) is 59.5 Å². The van der Waals surface area contributed by atoms with Gasteiger partial charge in [0.25, 0.3) is 0 Å². The molecule has 0 unspecified atom stereocenters. The minimum absolute atomic E-state index is 0. The lowest BCUT2D eigenvalue weighted by molar-refractivity contribution is 0.332. The lowest BCUT2D eigenvalue weighted by Gasteiger charge is -2.16. The van der Waals surface area contributed by atoms with Crippen LogP contribution in [0.5, 0.6) is 0 Å². The highest BCUT2D eigenvalue weighted by Crippen LogP contribution is 2.19. The number of hydrogen-bond acceptors (Lipinski definition) is 2. The van der Waals surface area contributed by atoms with Gasteiger partial charge in [-0.15, -0.1) is 24.2 Å². The van der Waals surface area contributed by atoms with Gasteiger partial charge in [0.2, 0.25) is 0 Å². The second-order valence-electron chi connectivity index (χ2n) is 5.55. The zero-order chi connectivity index (χ0) is 15.6. The number of rotatable bonds is 9. The molecule has 2 aromatic carbocycles. The molecule has 0 aliphatic rings. The first-order chi connectivity index (χ1) is 10.7. The normalized spacial score (nSPS) is 10.6. The highest BCUT2D eigenvalue weighted by Gasteiger charge is 2.00. The summed E-state index contributed by atoms with van der Waals surface area (Å²) in [6.45, 7) is 2.24. The molecule has 0 heterocycles. The molecule has 4 heteroatoms. The Labute approximate surface area is 149 Å². The van der Waals surface area contributed by atoms with E-state index in [1.165, 1.54) is 30.5 Å². The van der Waals surface area contributed by atoms with E-state index in [1.807, 2.05) is 12.1 Å². The van der Waals surface area contributed by atoms with E-state index in [2.05, 4.69) is 42.3 Å². The van der Waals surface area contributed by atoms with Crippen molar-refractivity contribution in [3.8, 4) is 0 Å². The summed E-state index contributed by atoms with van der Waals surface area (Å²) in [5.74, 6) is 0.933. The van der Waals surface area contributed by atoms with Crippen LogP contribution in [0, 0.1) is 5.82 Å². The Hall–Kier alpha value is -1.03. The largest absolute Gasteiger partial charge is 0.306 e. The summed E-state index contributed by atoms with van der Waals surface area (Å²) in [7, 11) is 2.19. The topological polar surface area (TPSA) is 3.24 Å². The standard InChI is InChI=1S/C19H24FNS.ClH/c1-21(15-13-17-7-3-2-4-8-17)14-5-6-16-22-19-11-9-18(20)10-12-19;/h2-4,7-12H,5-6,13-16H2,1H3;1H. The number of benzene rings is 2. The molecule has 126 valence electrons. The molecular weight excluding hydrogens is 329 g/mol. The molecule has 0 bridgehead atoms. The summed E-state index contributed by atoms with van der Waals surface area (Å²) in [4.78, 5) is 3.55. The van der Waals surface area contributed by atoms with Gasteiger partial charge < -0.3 is 4.90 Å². The lowest BCUT2D eigenvalue weighted by atomic mass is 10.1. The average molecular weight is 354 g/mol. The van der Waals surface area contributed by atoms with Crippen molar-refractivity contribution in [3.63, 3.8) is 0 Å². The van der Waals surface area contributed by atoms with Gasteiger partial charge in [-0.25, -0.2) is 4.39 Å². The van der Waals surface area contributed by atoms with E-state index in [-0.39, 0.29) is 18.2 Å². The zero-order valence-electron chi connectivity index (χ0n) is 13.6. The fourth-order valence-electron chi connectivity index (χ4n) is 2.28. The van der Waals surface area contributed by atoms with E-state index in [1.54, 1.807) is 11.8 Å². The van der Waals surface area contributed by atoms with Crippen molar-refractivity contribution in [3.05, 3.63) is 66.0 Å². The maximum Gasteiger partial charge on any atom is 0.123 e. The summed E-state index contributed by atoms with van der Waals surface area (Å²) in [6.07, 6.45) is 3.51. The molecule has 1 nitrogen and oxygen atoms in total. The van der Waals surface area contributed by atoms with Gasteiger partial charge in [-0.3, -0.25) is 0 Å². The number of hydrogen-bond donors (Lipinski definition) is 0. The van der Waals surface area contributed by atoms with Crippen LogP contribution < -0.4 is 0 Å². The van der Waals surface area contributed by atoms with E-state index in [0.717, 1.165) is 30.2 Å². The van der Waals surface area contributed by atoms with E-state index >= 15 is 0 Å². The number of nitrogens with zero attached hydrogens (tertiary/aromatic N) is 1. The van der Waals surface area contributed by atoms with Gasteiger partial charge in [-0.2, -0.15) is 0 Å². The molecule has 2 rings (SSSR count). The Morgan fingerprint density at radius 1 is 0.913 bits per heavy atom.